The molecule has 23 heavy (non-hydrogen) atoms. The van der Waals surface area contributed by atoms with E-state index in [0.29, 0.717) is 18.4 Å². The second-order valence-corrected chi connectivity index (χ2v) is 6.71. The Morgan fingerprint density at radius 1 is 1.17 bits per heavy atom. The van der Waals surface area contributed by atoms with Crippen LogP contribution in [0.5, 0.6) is 0 Å². The van der Waals surface area contributed by atoms with Crippen molar-refractivity contribution in [3.8, 4) is 0 Å². The number of carbonyl (C=O) groups excluding carboxylic acids is 1. The first-order chi connectivity index (χ1) is 11.3. The van der Waals surface area contributed by atoms with Crippen molar-refractivity contribution in [2.45, 2.75) is 70.8 Å². The number of amides is 1. The SMILES string of the molecule is CCCN(C(=O)CCCCCCN)C1CCc2ccccc2C1. The van der Waals surface area contributed by atoms with Crippen LogP contribution in [0.4, 0.5) is 0 Å². The molecule has 1 atom stereocenters. The Labute approximate surface area is 141 Å². The third-order valence-corrected chi connectivity index (χ3v) is 4.89. The van der Waals surface area contributed by atoms with Crippen LogP contribution in [0.1, 0.15) is 63.0 Å². The lowest BCUT2D eigenvalue weighted by Gasteiger charge is -2.35. The number of nitrogens with zero attached hydrogens (tertiary/aromatic N) is 1. The van der Waals surface area contributed by atoms with Crippen LogP contribution in [-0.2, 0) is 17.6 Å². The molecular weight excluding hydrogens is 284 g/mol. The summed E-state index contributed by atoms with van der Waals surface area (Å²) < 4.78 is 0. The molecule has 3 heteroatoms. The summed E-state index contributed by atoms with van der Waals surface area (Å²) in [6.45, 7) is 3.82. The van der Waals surface area contributed by atoms with E-state index in [1.807, 2.05) is 0 Å². The van der Waals surface area contributed by atoms with E-state index in [1.54, 1.807) is 0 Å². The van der Waals surface area contributed by atoms with Gasteiger partial charge in [0.15, 0.2) is 0 Å². The highest BCUT2D eigenvalue weighted by Crippen LogP contribution is 2.25. The number of fused-ring (bicyclic) bond motifs is 1. The number of hydrogen-bond acceptors (Lipinski definition) is 2. The Hall–Kier alpha value is -1.35. The van der Waals surface area contributed by atoms with Crippen LogP contribution in [0.15, 0.2) is 24.3 Å². The summed E-state index contributed by atoms with van der Waals surface area (Å²) in [6.07, 6.45) is 9.31. The van der Waals surface area contributed by atoms with Gasteiger partial charge in [0.2, 0.25) is 5.91 Å². The van der Waals surface area contributed by atoms with E-state index in [4.69, 9.17) is 5.73 Å². The molecule has 1 unspecified atom stereocenters. The molecule has 1 amide bonds. The van der Waals surface area contributed by atoms with E-state index in [1.165, 1.54) is 11.1 Å². The quantitative estimate of drug-likeness (QED) is 0.706. The molecule has 0 fully saturated rings. The second kappa shape index (κ2) is 9.71. The molecule has 0 saturated heterocycles. The third-order valence-electron chi connectivity index (χ3n) is 4.89. The summed E-state index contributed by atoms with van der Waals surface area (Å²) in [5, 5.41) is 0. The van der Waals surface area contributed by atoms with Crippen LogP contribution in [-0.4, -0.2) is 29.9 Å². The number of carbonyl (C=O) groups is 1. The molecule has 128 valence electrons. The van der Waals surface area contributed by atoms with Crippen molar-refractivity contribution in [3.63, 3.8) is 0 Å². The number of aryl methyl sites for hydroxylation is 1. The van der Waals surface area contributed by atoms with Crippen LogP contribution < -0.4 is 5.73 Å². The van der Waals surface area contributed by atoms with Gasteiger partial charge >= 0.3 is 0 Å². The van der Waals surface area contributed by atoms with Crippen LogP contribution in [0.3, 0.4) is 0 Å². The minimum Gasteiger partial charge on any atom is -0.339 e. The van der Waals surface area contributed by atoms with Gasteiger partial charge in [0.1, 0.15) is 0 Å². The predicted molar refractivity (Wildman–Crippen MR) is 96.4 cm³/mol. The minimum absolute atomic E-state index is 0.351. The first-order valence-electron chi connectivity index (χ1n) is 9.32. The molecule has 0 bridgehead atoms. The summed E-state index contributed by atoms with van der Waals surface area (Å²) in [6, 6.07) is 9.08. The van der Waals surface area contributed by atoms with E-state index in [-0.39, 0.29) is 0 Å². The zero-order valence-corrected chi connectivity index (χ0v) is 14.6. The van der Waals surface area contributed by atoms with Crippen LogP contribution >= 0.6 is 0 Å². The van der Waals surface area contributed by atoms with Gasteiger partial charge < -0.3 is 10.6 Å². The average Bonchev–Trinajstić information content (AvgIpc) is 2.59. The van der Waals surface area contributed by atoms with Crippen LogP contribution in [0.2, 0.25) is 0 Å². The number of nitrogens with two attached hydrogens (primary N) is 1. The van der Waals surface area contributed by atoms with Gasteiger partial charge in [0.25, 0.3) is 0 Å². The van der Waals surface area contributed by atoms with Crippen molar-refractivity contribution in [2.75, 3.05) is 13.1 Å². The molecule has 1 aromatic carbocycles. The normalized spacial score (nSPS) is 16.9. The predicted octanol–water partition coefficient (Wildman–Crippen LogP) is 3.69. The molecule has 0 spiro atoms. The van der Waals surface area contributed by atoms with Crippen molar-refractivity contribution in [1.82, 2.24) is 4.90 Å². The average molecular weight is 316 g/mol. The highest BCUT2D eigenvalue weighted by atomic mass is 16.2. The van der Waals surface area contributed by atoms with Gasteiger partial charge in [-0.3, -0.25) is 4.79 Å². The van der Waals surface area contributed by atoms with E-state index < -0.39 is 0 Å². The highest BCUT2D eigenvalue weighted by molar-refractivity contribution is 5.76. The number of unbranched alkanes of at least 4 members (excludes halogenated alkanes) is 3. The molecule has 0 aliphatic heterocycles. The van der Waals surface area contributed by atoms with Gasteiger partial charge in [0, 0.05) is 19.0 Å². The largest absolute Gasteiger partial charge is 0.339 e. The lowest BCUT2D eigenvalue weighted by atomic mass is 9.87. The van der Waals surface area contributed by atoms with Crippen molar-refractivity contribution in [1.29, 1.82) is 0 Å². The van der Waals surface area contributed by atoms with Crippen LogP contribution in [0.25, 0.3) is 0 Å². The zero-order chi connectivity index (χ0) is 16.5. The molecule has 3 nitrogen and oxygen atoms in total. The summed E-state index contributed by atoms with van der Waals surface area (Å²) in [4.78, 5) is 14.8. The molecule has 1 aliphatic carbocycles. The zero-order valence-electron chi connectivity index (χ0n) is 14.6. The second-order valence-electron chi connectivity index (χ2n) is 6.71. The van der Waals surface area contributed by atoms with Gasteiger partial charge in [-0.2, -0.15) is 0 Å². The third kappa shape index (κ3) is 5.35. The van der Waals surface area contributed by atoms with E-state index in [2.05, 4.69) is 36.1 Å². The Balaban J connectivity index is 1.89. The molecular formula is C20H32N2O. The number of hydrogen-bond donors (Lipinski definition) is 1. The standard InChI is InChI=1S/C20H32N2O/c1-2-15-22(20(23)11-5-3-4-8-14-21)19-13-12-17-9-6-7-10-18(17)16-19/h6-7,9-10,19H,2-5,8,11-16,21H2,1H3. The van der Waals surface area contributed by atoms with E-state index in [9.17, 15) is 4.79 Å². The highest BCUT2D eigenvalue weighted by Gasteiger charge is 2.26. The number of rotatable bonds is 9. The maximum Gasteiger partial charge on any atom is 0.222 e. The van der Waals surface area contributed by atoms with Crippen molar-refractivity contribution in [2.24, 2.45) is 5.73 Å². The van der Waals surface area contributed by atoms with E-state index in [0.717, 1.165) is 64.5 Å². The van der Waals surface area contributed by atoms with Gasteiger partial charge in [-0.05, 0) is 56.2 Å². The molecule has 2 rings (SSSR count). The Kier molecular flexibility index (Phi) is 7.60. The first kappa shape index (κ1) is 18.0. The van der Waals surface area contributed by atoms with Crippen LogP contribution in [0, 0.1) is 0 Å². The first-order valence-corrected chi connectivity index (χ1v) is 9.32. The minimum atomic E-state index is 0.351. The summed E-state index contributed by atoms with van der Waals surface area (Å²) in [7, 11) is 0. The van der Waals surface area contributed by atoms with Gasteiger partial charge in [-0.25, -0.2) is 0 Å². The van der Waals surface area contributed by atoms with Crippen molar-refractivity contribution >= 4 is 5.91 Å². The van der Waals surface area contributed by atoms with Crippen molar-refractivity contribution < 1.29 is 4.79 Å². The fourth-order valence-corrected chi connectivity index (χ4v) is 3.61. The maximum atomic E-state index is 12.7. The van der Waals surface area contributed by atoms with Crippen molar-refractivity contribution in [3.05, 3.63) is 35.4 Å². The monoisotopic (exact) mass is 316 g/mol. The van der Waals surface area contributed by atoms with Gasteiger partial charge in [-0.1, -0.05) is 44.0 Å². The summed E-state index contributed by atoms with van der Waals surface area (Å²) >= 11 is 0. The summed E-state index contributed by atoms with van der Waals surface area (Å²) in [5.41, 5.74) is 8.42. The lowest BCUT2D eigenvalue weighted by molar-refractivity contribution is -0.134. The molecule has 0 aromatic heterocycles. The maximum absolute atomic E-state index is 12.7. The van der Waals surface area contributed by atoms with E-state index >= 15 is 0 Å². The molecule has 0 radical (unpaired) electrons. The molecule has 2 N–H and O–H groups in total. The molecule has 1 aromatic rings. The Bertz CT molecular complexity index is 486. The summed E-state index contributed by atoms with van der Waals surface area (Å²) in [5.74, 6) is 0.351. The Morgan fingerprint density at radius 3 is 2.65 bits per heavy atom. The van der Waals surface area contributed by atoms with Gasteiger partial charge in [0.05, 0.1) is 0 Å². The topological polar surface area (TPSA) is 46.3 Å². The molecule has 0 saturated carbocycles. The molecule has 1 aliphatic rings. The Morgan fingerprint density at radius 2 is 1.91 bits per heavy atom. The number of benzene rings is 1. The fourth-order valence-electron chi connectivity index (χ4n) is 3.61. The smallest absolute Gasteiger partial charge is 0.222 e. The fraction of sp³-hybridized carbons (Fsp3) is 0.650. The molecule has 0 heterocycles. The van der Waals surface area contributed by atoms with Gasteiger partial charge in [-0.15, -0.1) is 0 Å². The lowest BCUT2D eigenvalue weighted by Crippen LogP contribution is -2.43.